The van der Waals surface area contributed by atoms with Gasteiger partial charge in [0.2, 0.25) is 0 Å². The van der Waals surface area contributed by atoms with Crippen molar-refractivity contribution in [1.82, 2.24) is 9.47 Å². The molecular formula is C25H23N3OS. The number of hydrogen-bond acceptors (Lipinski definition) is 2. The normalized spacial score (nSPS) is 15.3. The maximum atomic E-state index is 13.6. The molecule has 0 radical (unpaired) electrons. The van der Waals surface area contributed by atoms with Crippen molar-refractivity contribution in [3.8, 4) is 5.69 Å². The molecule has 2 aromatic carbocycles. The number of urea groups is 1. The molecule has 0 fully saturated rings. The zero-order chi connectivity index (χ0) is 20.7. The summed E-state index contributed by atoms with van der Waals surface area (Å²) in [4.78, 5) is 16.7. The van der Waals surface area contributed by atoms with E-state index < -0.39 is 0 Å². The van der Waals surface area contributed by atoms with Crippen LogP contribution in [0.25, 0.3) is 5.69 Å². The SMILES string of the molecule is Cc1cccc(NC(=O)N2Cc3ccccc3-n3cccc3[C@@H]2c2cccs2)c1C. The van der Waals surface area contributed by atoms with Crippen LogP contribution in [0.4, 0.5) is 10.5 Å². The van der Waals surface area contributed by atoms with Crippen LogP contribution in [-0.4, -0.2) is 15.5 Å². The van der Waals surface area contributed by atoms with Gasteiger partial charge in [-0.15, -0.1) is 11.3 Å². The maximum absolute atomic E-state index is 13.6. The first-order chi connectivity index (χ1) is 14.6. The molecule has 150 valence electrons. The zero-order valence-corrected chi connectivity index (χ0v) is 17.8. The number of fused-ring (bicyclic) bond motifs is 3. The molecule has 5 heteroatoms. The van der Waals surface area contributed by atoms with Crippen molar-refractivity contribution in [2.24, 2.45) is 0 Å². The lowest BCUT2D eigenvalue weighted by Crippen LogP contribution is -2.37. The second-order valence-corrected chi connectivity index (χ2v) is 8.63. The molecule has 0 saturated carbocycles. The smallest absolute Gasteiger partial charge is 0.318 e. The topological polar surface area (TPSA) is 37.3 Å². The number of carbonyl (C=O) groups is 1. The maximum Gasteiger partial charge on any atom is 0.323 e. The number of amides is 2. The predicted octanol–water partition coefficient (Wildman–Crippen LogP) is 6.29. The fourth-order valence-corrected chi connectivity index (χ4v) is 5.01. The molecule has 1 atom stereocenters. The summed E-state index contributed by atoms with van der Waals surface area (Å²) in [6.45, 7) is 4.65. The number of para-hydroxylation sites is 1. The highest BCUT2D eigenvalue weighted by molar-refractivity contribution is 7.10. The Morgan fingerprint density at radius 2 is 1.87 bits per heavy atom. The molecule has 0 spiro atoms. The Balaban J connectivity index is 1.62. The summed E-state index contributed by atoms with van der Waals surface area (Å²) in [6.07, 6.45) is 2.08. The molecular weight excluding hydrogens is 390 g/mol. The summed E-state index contributed by atoms with van der Waals surface area (Å²) in [5, 5.41) is 5.25. The molecule has 0 aliphatic carbocycles. The number of thiophene rings is 1. The van der Waals surface area contributed by atoms with Crippen molar-refractivity contribution in [2.45, 2.75) is 26.4 Å². The largest absolute Gasteiger partial charge is 0.323 e. The number of carbonyl (C=O) groups excluding carboxylic acids is 1. The summed E-state index contributed by atoms with van der Waals surface area (Å²) in [6, 6.07) is 22.4. The van der Waals surface area contributed by atoms with Crippen molar-refractivity contribution >= 4 is 23.1 Å². The van der Waals surface area contributed by atoms with E-state index in [0.29, 0.717) is 6.54 Å². The van der Waals surface area contributed by atoms with Crippen LogP contribution in [0.5, 0.6) is 0 Å². The Morgan fingerprint density at radius 1 is 1.00 bits per heavy atom. The van der Waals surface area contributed by atoms with E-state index in [1.807, 2.05) is 36.1 Å². The van der Waals surface area contributed by atoms with Gasteiger partial charge in [0.15, 0.2) is 0 Å². The lowest BCUT2D eigenvalue weighted by molar-refractivity contribution is 0.195. The average molecular weight is 414 g/mol. The first kappa shape index (κ1) is 18.7. The minimum absolute atomic E-state index is 0.0912. The van der Waals surface area contributed by atoms with Crippen LogP contribution >= 0.6 is 11.3 Å². The molecule has 30 heavy (non-hydrogen) atoms. The summed E-state index contributed by atoms with van der Waals surface area (Å²) in [5.41, 5.74) is 6.47. The third kappa shape index (κ3) is 3.12. The van der Waals surface area contributed by atoms with Gasteiger partial charge in [0.05, 0.1) is 17.9 Å². The molecule has 4 nitrogen and oxygen atoms in total. The number of aromatic nitrogens is 1. The van der Waals surface area contributed by atoms with E-state index in [2.05, 4.69) is 70.8 Å². The van der Waals surface area contributed by atoms with Gasteiger partial charge in [-0.3, -0.25) is 0 Å². The Labute approximate surface area is 180 Å². The summed E-state index contributed by atoms with van der Waals surface area (Å²) >= 11 is 1.68. The molecule has 0 bridgehead atoms. The van der Waals surface area contributed by atoms with E-state index in [1.165, 1.54) is 0 Å². The lowest BCUT2D eigenvalue weighted by Gasteiger charge is -2.30. The van der Waals surface area contributed by atoms with Gasteiger partial charge in [-0.05, 0) is 66.2 Å². The summed E-state index contributed by atoms with van der Waals surface area (Å²) < 4.78 is 2.21. The predicted molar refractivity (Wildman–Crippen MR) is 122 cm³/mol. The van der Waals surface area contributed by atoms with Crippen molar-refractivity contribution in [3.63, 3.8) is 0 Å². The van der Waals surface area contributed by atoms with Gasteiger partial charge in [-0.1, -0.05) is 36.4 Å². The van der Waals surface area contributed by atoms with Gasteiger partial charge in [0, 0.05) is 16.8 Å². The molecule has 5 rings (SSSR count). The highest BCUT2D eigenvalue weighted by Gasteiger charge is 2.33. The van der Waals surface area contributed by atoms with Crippen LogP contribution in [0.1, 0.15) is 33.3 Å². The summed E-state index contributed by atoms with van der Waals surface area (Å²) in [5.74, 6) is 0. The number of benzene rings is 2. The Morgan fingerprint density at radius 3 is 2.70 bits per heavy atom. The van der Waals surface area contributed by atoms with Crippen molar-refractivity contribution in [3.05, 3.63) is 106 Å². The second kappa shape index (κ2) is 7.50. The molecule has 4 aromatic rings. The number of hydrogen-bond donors (Lipinski definition) is 1. The highest BCUT2D eigenvalue weighted by Crippen LogP contribution is 2.38. The number of rotatable bonds is 2. The average Bonchev–Trinajstić information content (AvgIpc) is 3.42. The third-order valence-corrected chi connectivity index (χ3v) is 6.81. The van der Waals surface area contributed by atoms with Gasteiger partial charge in [-0.25, -0.2) is 4.79 Å². The van der Waals surface area contributed by atoms with Crippen LogP contribution in [0, 0.1) is 13.8 Å². The first-order valence-corrected chi connectivity index (χ1v) is 10.9. The van der Waals surface area contributed by atoms with Gasteiger partial charge in [-0.2, -0.15) is 0 Å². The molecule has 1 N–H and O–H groups in total. The standard InChI is InChI=1S/C25H23N3OS/c1-17-8-5-10-20(18(17)2)26-25(29)28-16-19-9-3-4-11-21(19)27-14-6-12-22(27)24(28)23-13-7-15-30-23/h3-15,24H,16H2,1-2H3,(H,26,29)/t24-/m1/s1. The van der Waals surface area contributed by atoms with Gasteiger partial charge in [0.25, 0.3) is 0 Å². The zero-order valence-electron chi connectivity index (χ0n) is 17.0. The van der Waals surface area contributed by atoms with Gasteiger partial charge >= 0.3 is 6.03 Å². The quantitative estimate of drug-likeness (QED) is 0.412. The minimum Gasteiger partial charge on any atom is -0.318 e. The van der Waals surface area contributed by atoms with Crippen LogP contribution in [0.3, 0.4) is 0 Å². The molecule has 0 saturated heterocycles. The minimum atomic E-state index is -0.155. The second-order valence-electron chi connectivity index (χ2n) is 7.66. The molecule has 2 amide bonds. The van der Waals surface area contributed by atoms with E-state index in [1.54, 1.807) is 11.3 Å². The monoisotopic (exact) mass is 413 g/mol. The number of nitrogens with zero attached hydrogens (tertiary/aromatic N) is 2. The Kier molecular flexibility index (Phi) is 4.68. The molecule has 1 aliphatic rings. The Hall–Kier alpha value is -3.31. The van der Waals surface area contributed by atoms with E-state index in [9.17, 15) is 4.79 Å². The van der Waals surface area contributed by atoms with Gasteiger partial charge in [0.1, 0.15) is 6.04 Å². The fraction of sp³-hybridized carbons (Fsp3) is 0.160. The fourth-order valence-electron chi connectivity index (χ4n) is 4.16. The first-order valence-electron chi connectivity index (χ1n) is 10.1. The van der Waals surface area contributed by atoms with Crippen LogP contribution in [0.15, 0.2) is 78.3 Å². The van der Waals surface area contributed by atoms with Crippen LogP contribution in [0.2, 0.25) is 0 Å². The lowest BCUT2D eigenvalue weighted by atomic mass is 10.1. The van der Waals surface area contributed by atoms with E-state index in [-0.39, 0.29) is 12.1 Å². The number of anilines is 1. The van der Waals surface area contributed by atoms with Crippen molar-refractivity contribution in [1.29, 1.82) is 0 Å². The molecule has 2 aromatic heterocycles. The van der Waals surface area contributed by atoms with Crippen LogP contribution < -0.4 is 5.32 Å². The van der Waals surface area contributed by atoms with E-state index >= 15 is 0 Å². The number of aryl methyl sites for hydroxylation is 1. The Bertz CT molecular complexity index is 1210. The third-order valence-electron chi connectivity index (χ3n) is 5.88. The number of nitrogens with one attached hydrogen (secondary N) is 1. The highest BCUT2D eigenvalue weighted by atomic mass is 32.1. The van der Waals surface area contributed by atoms with Crippen molar-refractivity contribution < 1.29 is 4.79 Å². The van der Waals surface area contributed by atoms with Gasteiger partial charge < -0.3 is 14.8 Å². The van der Waals surface area contributed by atoms with E-state index in [4.69, 9.17) is 0 Å². The molecule has 3 heterocycles. The van der Waals surface area contributed by atoms with E-state index in [0.717, 1.165) is 38.6 Å². The molecule has 1 aliphatic heterocycles. The molecule has 0 unspecified atom stereocenters. The van der Waals surface area contributed by atoms with Crippen LogP contribution in [-0.2, 0) is 6.54 Å². The summed E-state index contributed by atoms with van der Waals surface area (Å²) in [7, 11) is 0. The van der Waals surface area contributed by atoms with Crippen molar-refractivity contribution in [2.75, 3.05) is 5.32 Å².